The highest BCUT2D eigenvalue weighted by molar-refractivity contribution is 14.1. The average molecular weight is 560 g/mol. The zero-order chi connectivity index (χ0) is 23.5. The summed E-state index contributed by atoms with van der Waals surface area (Å²) in [6.07, 6.45) is 3.45. The number of hydrogen-bond acceptors (Lipinski definition) is 4. The van der Waals surface area contributed by atoms with Crippen LogP contribution >= 0.6 is 22.6 Å². The Labute approximate surface area is 213 Å². The van der Waals surface area contributed by atoms with Crippen LogP contribution in [-0.4, -0.2) is 15.9 Å². The standard InChI is InChI=1S/C28H25IN4O/c29-21-10-6-19(7-11-21)16-26(34)33-28-25(14-8-18-4-2-1-3-5-18)31-27-23-13-12-22(30)17-20(23)9-15-24(27)32-28/h1-7,10-13,17H,8-9,14-16,30H2,(H,32,33,34). The Kier molecular flexibility index (Phi) is 6.58. The molecule has 1 aromatic heterocycles. The molecule has 1 amide bonds. The predicted molar refractivity (Wildman–Crippen MR) is 145 cm³/mol. The molecule has 0 aliphatic heterocycles. The van der Waals surface area contributed by atoms with Crippen molar-refractivity contribution in [3.05, 3.63) is 104 Å². The molecule has 0 bridgehead atoms. The number of rotatable bonds is 6. The molecule has 0 unspecified atom stereocenters. The van der Waals surface area contributed by atoms with E-state index < -0.39 is 0 Å². The number of hydrogen-bond donors (Lipinski definition) is 2. The van der Waals surface area contributed by atoms with Crippen molar-refractivity contribution in [3.63, 3.8) is 0 Å². The molecule has 0 fully saturated rings. The van der Waals surface area contributed by atoms with Gasteiger partial charge >= 0.3 is 0 Å². The molecule has 1 heterocycles. The second kappa shape index (κ2) is 9.93. The van der Waals surface area contributed by atoms with Crippen molar-refractivity contribution >= 4 is 40.0 Å². The van der Waals surface area contributed by atoms with Crippen LogP contribution in [0.1, 0.15) is 28.1 Å². The number of nitrogens with one attached hydrogen (secondary N) is 1. The van der Waals surface area contributed by atoms with Gasteiger partial charge in [0, 0.05) is 14.8 Å². The second-order valence-corrected chi connectivity index (χ2v) is 9.81. The highest BCUT2D eigenvalue weighted by Crippen LogP contribution is 2.34. The Hall–Kier alpha value is -3.26. The van der Waals surface area contributed by atoms with Gasteiger partial charge in [-0.1, -0.05) is 48.5 Å². The van der Waals surface area contributed by atoms with Crippen molar-refractivity contribution in [2.24, 2.45) is 0 Å². The van der Waals surface area contributed by atoms with Gasteiger partial charge in [-0.05, 0) is 89.2 Å². The lowest BCUT2D eigenvalue weighted by Gasteiger charge is -2.21. The van der Waals surface area contributed by atoms with Crippen molar-refractivity contribution in [1.29, 1.82) is 0 Å². The maximum absolute atomic E-state index is 12.9. The summed E-state index contributed by atoms with van der Waals surface area (Å²) in [4.78, 5) is 22.9. The molecule has 5 rings (SSSR count). The van der Waals surface area contributed by atoms with Crippen LogP contribution < -0.4 is 11.1 Å². The Balaban J connectivity index is 1.46. The molecular formula is C28H25IN4O. The van der Waals surface area contributed by atoms with E-state index >= 15 is 0 Å². The third kappa shape index (κ3) is 5.12. The summed E-state index contributed by atoms with van der Waals surface area (Å²) in [5.41, 5.74) is 13.9. The maximum Gasteiger partial charge on any atom is 0.229 e. The van der Waals surface area contributed by atoms with E-state index in [4.69, 9.17) is 15.7 Å². The third-order valence-electron chi connectivity index (χ3n) is 6.08. The summed E-state index contributed by atoms with van der Waals surface area (Å²) >= 11 is 2.26. The lowest BCUT2D eigenvalue weighted by atomic mass is 9.91. The largest absolute Gasteiger partial charge is 0.399 e. The Morgan fingerprint density at radius 1 is 0.912 bits per heavy atom. The highest BCUT2D eigenvalue weighted by atomic mass is 127. The SMILES string of the molecule is Nc1ccc2c(c1)CCc1nc(NC(=O)Cc3ccc(I)cc3)c(CCc3ccccc3)nc1-2. The summed E-state index contributed by atoms with van der Waals surface area (Å²) < 4.78 is 1.15. The van der Waals surface area contributed by atoms with Gasteiger partial charge in [0.05, 0.1) is 23.5 Å². The quantitative estimate of drug-likeness (QED) is 0.245. The number of fused-ring (bicyclic) bond motifs is 3. The van der Waals surface area contributed by atoms with Gasteiger partial charge in [0.15, 0.2) is 5.82 Å². The third-order valence-corrected chi connectivity index (χ3v) is 6.80. The molecule has 4 aromatic rings. The minimum absolute atomic E-state index is 0.0830. The van der Waals surface area contributed by atoms with E-state index in [9.17, 15) is 4.79 Å². The van der Waals surface area contributed by atoms with E-state index in [1.807, 2.05) is 60.7 Å². The number of aromatic nitrogens is 2. The molecule has 1 aliphatic carbocycles. The van der Waals surface area contributed by atoms with Crippen LogP contribution in [0.5, 0.6) is 0 Å². The number of halogens is 1. The Morgan fingerprint density at radius 2 is 1.71 bits per heavy atom. The lowest BCUT2D eigenvalue weighted by Crippen LogP contribution is -2.20. The van der Waals surface area contributed by atoms with Crippen molar-refractivity contribution < 1.29 is 4.79 Å². The maximum atomic E-state index is 12.9. The van der Waals surface area contributed by atoms with Crippen molar-refractivity contribution in [3.8, 4) is 11.3 Å². The molecule has 0 atom stereocenters. The molecule has 0 saturated heterocycles. The molecule has 0 spiro atoms. The summed E-state index contributed by atoms with van der Waals surface area (Å²) in [6, 6.07) is 24.3. The van der Waals surface area contributed by atoms with E-state index in [0.29, 0.717) is 18.7 Å². The zero-order valence-electron chi connectivity index (χ0n) is 18.7. The van der Waals surface area contributed by atoms with Crippen LogP contribution in [0.2, 0.25) is 0 Å². The van der Waals surface area contributed by atoms with Gasteiger partial charge in [0.2, 0.25) is 5.91 Å². The van der Waals surface area contributed by atoms with Gasteiger partial charge in [-0.3, -0.25) is 4.79 Å². The lowest BCUT2D eigenvalue weighted by molar-refractivity contribution is -0.115. The summed E-state index contributed by atoms with van der Waals surface area (Å²) in [5, 5.41) is 3.06. The zero-order valence-corrected chi connectivity index (χ0v) is 20.9. The second-order valence-electron chi connectivity index (χ2n) is 8.57. The van der Waals surface area contributed by atoms with E-state index in [0.717, 1.165) is 56.7 Å². The summed E-state index contributed by atoms with van der Waals surface area (Å²) in [5.74, 6) is 0.490. The summed E-state index contributed by atoms with van der Waals surface area (Å²) in [7, 11) is 0. The van der Waals surface area contributed by atoms with Crippen LogP contribution in [0.15, 0.2) is 72.8 Å². The molecule has 34 heavy (non-hydrogen) atoms. The average Bonchev–Trinajstić information content (AvgIpc) is 2.84. The number of benzene rings is 3. The first-order valence-electron chi connectivity index (χ1n) is 11.4. The molecule has 1 aliphatic rings. The molecule has 0 radical (unpaired) electrons. The first kappa shape index (κ1) is 22.5. The van der Waals surface area contributed by atoms with Gasteiger partial charge in [-0.15, -0.1) is 0 Å². The number of anilines is 2. The fraction of sp³-hybridized carbons (Fsp3) is 0.179. The molecular weight excluding hydrogens is 535 g/mol. The van der Waals surface area contributed by atoms with Crippen LogP contribution in [-0.2, 0) is 36.9 Å². The van der Waals surface area contributed by atoms with Gasteiger partial charge in [0.1, 0.15) is 0 Å². The fourth-order valence-corrected chi connectivity index (χ4v) is 4.70. The Bertz CT molecular complexity index is 1340. The van der Waals surface area contributed by atoms with E-state index in [2.05, 4.69) is 40.0 Å². The van der Waals surface area contributed by atoms with Crippen LogP contribution in [0, 0.1) is 3.57 Å². The fourth-order valence-electron chi connectivity index (χ4n) is 4.35. The van der Waals surface area contributed by atoms with Crippen molar-refractivity contribution in [2.45, 2.75) is 32.1 Å². The van der Waals surface area contributed by atoms with Gasteiger partial charge < -0.3 is 11.1 Å². The number of nitrogen functional groups attached to an aromatic ring is 1. The summed E-state index contributed by atoms with van der Waals surface area (Å²) in [6.45, 7) is 0. The van der Waals surface area contributed by atoms with Crippen molar-refractivity contribution in [2.75, 3.05) is 11.1 Å². The Morgan fingerprint density at radius 3 is 2.50 bits per heavy atom. The van der Waals surface area contributed by atoms with E-state index in [1.165, 1.54) is 11.1 Å². The minimum atomic E-state index is -0.0830. The number of carbonyl (C=O) groups is 1. The van der Waals surface area contributed by atoms with E-state index in [-0.39, 0.29) is 5.91 Å². The van der Waals surface area contributed by atoms with E-state index in [1.54, 1.807) is 0 Å². The van der Waals surface area contributed by atoms with Gasteiger partial charge in [-0.25, -0.2) is 9.97 Å². The number of aryl methyl sites for hydroxylation is 4. The minimum Gasteiger partial charge on any atom is -0.399 e. The smallest absolute Gasteiger partial charge is 0.229 e. The molecule has 3 N–H and O–H groups in total. The monoisotopic (exact) mass is 560 g/mol. The first-order valence-corrected chi connectivity index (χ1v) is 12.5. The number of amides is 1. The molecule has 170 valence electrons. The normalized spacial score (nSPS) is 12.0. The molecule has 6 heteroatoms. The van der Waals surface area contributed by atoms with Gasteiger partial charge in [0.25, 0.3) is 0 Å². The molecule has 3 aromatic carbocycles. The number of nitrogens with zero attached hydrogens (tertiary/aromatic N) is 2. The number of carbonyl (C=O) groups excluding carboxylic acids is 1. The first-order chi connectivity index (χ1) is 16.5. The highest BCUT2D eigenvalue weighted by Gasteiger charge is 2.22. The topological polar surface area (TPSA) is 80.9 Å². The van der Waals surface area contributed by atoms with Crippen LogP contribution in [0.4, 0.5) is 11.5 Å². The predicted octanol–water partition coefficient (Wildman–Crippen LogP) is 5.40. The van der Waals surface area contributed by atoms with Crippen LogP contribution in [0.25, 0.3) is 11.3 Å². The molecule has 0 saturated carbocycles. The van der Waals surface area contributed by atoms with Crippen LogP contribution in [0.3, 0.4) is 0 Å². The van der Waals surface area contributed by atoms with Crippen molar-refractivity contribution in [1.82, 2.24) is 9.97 Å². The molecule has 5 nitrogen and oxygen atoms in total. The number of nitrogens with two attached hydrogens (primary N) is 1. The van der Waals surface area contributed by atoms with Gasteiger partial charge in [-0.2, -0.15) is 0 Å².